The van der Waals surface area contributed by atoms with Crippen LogP contribution in [0.25, 0.3) is 0 Å². The van der Waals surface area contributed by atoms with Crippen molar-refractivity contribution in [3.63, 3.8) is 0 Å². The Hall–Kier alpha value is -0.876. The molecule has 0 aliphatic rings. The van der Waals surface area contributed by atoms with E-state index in [0.29, 0.717) is 5.56 Å². The normalized spacial score (nSPS) is 8.36. The van der Waals surface area contributed by atoms with Crippen molar-refractivity contribution < 1.29 is 9.90 Å². The van der Waals surface area contributed by atoms with E-state index in [1.165, 1.54) is 19.5 Å². The molecule has 0 aliphatic carbocycles. The Morgan fingerprint density at radius 2 is 1.64 bits per heavy atom. The van der Waals surface area contributed by atoms with Gasteiger partial charge in [-0.1, -0.05) is 18.2 Å². The van der Waals surface area contributed by atoms with Gasteiger partial charge in [0.1, 0.15) is 0 Å². The van der Waals surface area contributed by atoms with E-state index in [1.54, 1.807) is 30.3 Å². The molecule has 0 unspecified atom stereocenters. The van der Waals surface area contributed by atoms with Gasteiger partial charge in [-0.2, -0.15) is 0 Å². The summed E-state index contributed by atoms with van der Waals surface area (Å²) in [4.78, 5) is 10.2. The lowest BCUT2D eigenvalue weighted by atomic mass is 10.2. The van der Waals surface area contributed by atoms with E-state index in [0.717, 1.165) is 0 Å². The number of hydrogen-bond acceptors (Lipinski definition) is 1. The van der Waals surface area contributed by atoms with Gasteiger partial charge in [-0.05, 0) is 31.7 Å². The molecule has 0 spiro atoms. The lowest BCUT2D eigenvalue weighted by Crippen LogP contribution is -1.93. The zero-order chi connectivity index (χ0) is 8.69. The minimum Gasteiger partial charge on any atom is -0.478 e. The van der Waals surface area contributed by atoms with E-state index in [1.807, 2.05) is 0 Å². The highest BCUT2D eigenvalue weighted by Gasteiger charge is 1.96. The molecule has 0 aliphatic heterocycles. The fourth-order valence-corrected chi connectivity index (χ4v) is 0.581. The van der Waals surface area contributed by atoms with Crippen LogP contribution in [0, 0.1) is 0 Å². The summed E-state index contributed by atoms with van der Waals surface area (Å²) in [6.07, 6.45) is 0. The van der Waals surface area contributed by atoms with Crippen molar-refractivity contribution in [2.75, 3.05) is 0 Å². The molecule has 0 heterocycles. The maximum atomic E-state index is 10.2. The van der Waals surface area contributed by atoms with Gasteiger partial charge in [0.15, 0.2) is 0 Å². The molecule has 0 bridgehead atoms. The average Bonchev–Trinajstić information content (AvgIpc) is 2.10. The summed E-state index contributed by atoms with van der Waals surface area (Å²) in [5.41, 5.74) is 0.331. The maximum Gasteiger partial charge on any atom is 0.335 e. The van der Waals surface area contributed by atoms with E-state index in [9.17, 15) is 4.79 Å². The van der Waals surface area contributed by atoms with Gasteiger partial charge in [0.2, 0.25) is 0 Å². The molecule has 60 valence electrons. The van der Waals surface area contributed by atoms with Gasteiger partial charge in [0, 0.05) is 0 Å². The molecular weight excluding hydrogens is 172 g/mol. The Morgan fingerprint density at radius 3 is 1.91 bits per heavy atom. The van der Waals surface area contributed by atoms with Gasteiger partial charge in [-0.25, -0.2) is 4.79 Å². The standard InChI is InChI=1S/C7H6O2.H6Si2/c8-7(9)6-4-2-1-3-5-6;1-2/h1-5H,(H,8,9);1-2H3. The quantitative estimate of drug-likeness (QED) is 0.570. The van der Waals surface area contributed by atoms with Crippen LogP contribution in [0.1, 0.15) is 10.4 Å². The number of hydrogen-bond donors (Lipinski definition) is 1. The summed E-state index contributed by atoms with van der Waals surface area (Å²) in [5.74, 6) is -0.879. The number of carboxylic acids is 1. The van der Waals surface area contributed by atoms with Crippen molar-refractivity contribution in [3.05, 3.63) is 35.9 Å². The molecule has 0 aromatic heterocycles. The summed E-state index contributed by atoms with van der Waals surface area (Å²) >= 11 is 0. The smallest absolute Gasteiger partial charge is 0.335 e. The van der Waals surface area contributed by atoms with Crippen LogP contribution in [-0.4, -0.2) is 30.6 Å². The highest BCUT2D eigenvalue weighted by Crippen LogP contribution is 1.96. The summed E-state index contributed by atoms with van der Waals surface area (Å²) in [5, 5.41) is 8.38. The molecule has 11 heavy (non-hydrogen) atoms. The SMILES string of the molecule is O=C(O)c1ccccc1.[SiH3][SiH3]. The molecule has 1 N–H and O–H groups in total. The van der Waals surface area contributed by atoms with E-state index < -0.39 is 5.97 Å². The van der Waals surface area contributed by atoms with Gasteiger partial charge in [0.05, 0.1) is 5.56 Å². The van der Waals surface area contributed by atoms with Crippen molar-refractivity contribution in [1.29, 1.82) is 0 Å². The summed E-state index contributed by atoms with van der Waals surface area (Å²) in [7, 11) is 2.89. The number of aromatic carboxylic acids is 1. The van der Waals surface area contributed by atoms with Crippen LogP contribution in [0.2, 0.25) is 0 Å². The van der Waals surface area contributed by atoms with Gasteiger partial charge in [0.25, 0.3) is 0 Å². The van der Waals surface area contributed by atoms with E-state index >= 15 is 0 Å². The van der Waals surface area contributed by atoms with Gasteiger partial charge in [-0.3, -0.25) is 0 Å². The second-order valence-electron chi connectivity index (χ2n) is 1.67. The Balaban J connectivity index is 0.000000461. The van der Waals surface area contributed by atoms with Crippen LogP contribution in [0.5, 0.6) is 0 Å². The number of carboxylic acid groups (broad SMARTS) is 1. The fourth-order valence-electron chi connectivity index (χ4n) is 0.581. The monoisotopic (exact) mass is 184 g/mol. The van der Waals surface area contributed by atoms with Crippen molar-refractivity contribution in [2.24, 2.45) is 0 Å². The van der Waals surface area contributed by atoms with E-state index in [2.05, 4.69) is 0 Å². The largest absolute Gasteiger partial charge is 0.478 e. The molecule has 0 amide bonds. The van der Waals surface area contributed by atoms with Gasteiger partial charge >= 0.3 is 5.97 Å². The number of carbonyl (C=O) groups is 1. The van der Waals surface area contributed by atoms with Crippen molar-refractivity contribution in [1.82, 2.24) is 0 Å². The molecule has 4 heteroatoms. The van der Waals surface area contributed by atoms with E-state index in [-0.39, 0.29) is 0 Å². The molecule has 2 nitrogen and oxygen atoms in total. The van der Waals surface area contributed by atoms with Gasteiger partial charge < -0.3 is 5.11 Å². The molecule has 0 saturated carbocycles. The first kappa shape index (κ1) is 10.1. The first-order valence-electron chi connectivity index (χ1n) is 3.59. The maximum absolute atomic E-state index is 10.2. The van der Waals surface area contributed by atoms with Crippen LogP contribution in [0.4, 0.5) is 0 Å². The minimum atomic E-state index is -0.879. The highest BCUT2D eigenvalue weighted by atomic mass is 29.1. The first-order valence-corrected chi connectivity index (χ1v) is 11.6. The Labute approximate surface area is 71.9 Å². The molecule has 1 aromatic carbocycles. The lowest BCUT2D eigenvalue weighted by molar-refractivity contribution is 0.0697. The third-order valence-electron chi connectivity index (χ3n) is 1.02. The summed E-state index contributed by atoms with van der Waals surface area (Å²) < 4.78 is 0. The van der Waals surface area contributed by atoms with Crippen LogP contribution in [0.3, 0.4) is 0 Å². The predicted octanol–water partition coefficient (Wildman–Crippen LogP) is -0.983. The summed E-state index contributed by atoms with van der Waals surface area (Å²) in [6.45, 7) is 0. The average molecular weight is 184 g/mol. The molecular formula is C7H12O2Si2. The molecule has 0 saturated heterocycles. The molecule has 0 atom stereocenters. The van der Waals surface area contributed by atoms with Crippen LogP contribution >= 0.6 is 0 Å². The van der Waals surface area contributed by atoms with Crippen molar-refractivity contribution in [2.45, 2.75) is 0 Å². The van der Waals surface area contributed by atoms with E-state index in [4.69, 9.17) is 5.11 Å². The Morgan fingerprint density at radius 1 is 1.18 bits per heavy atom. The third kappa shape index (κ3) is 3.74. The Bertz CT molecular complexity index is 211. The minimum absolute atomic E-state index is 0.331. The third-order valence-corrected chi connectivity index (χ3v) is 1.02. The van der Waals surface area contributed by atoms with Crippen LogP contribution in [0.15, 0.2) is 30.3 Å². The second kappa shape index (κ2) is 5.87. The van der Waals surface area contributed by atoms with Crippen molar-refractivity contribution >= 4 is 25.5 Å². The Kier molecular flexibility index (Phi) is 5.41. The van der Waals surface area contributed by atoms with Crippen molar-refractivity contribution in [3.8, 4) is 0 Å². The number of benzene rings is 1. The molecule has 1 aromatic rings. The topological polar surface area (TPSA) is 37.3 Å². The highest BCUT2D eigenvalue weighted by molar-refractivity contribution is 6.75. The molecule has 0 radical (unpaired) electrons. The zero-order valence-corrected chi connectivity index (χ0v) is 10.7. The van der Waals surface area contributed by atoms with Crippen LogP contribution < -0.4 is 0 Å². The molecule has 1 rings (SSSR count). The second-order valence-corrected chi connectivity index (χ2v) is 1.67. The summed E-state index contributed by atoms with van der Waals surface area (Å²) in [6, 6.07) is 8.30. The predicted molar refractivity (Wildman–Crippen MR) is 53.3 cm³/mol. The fraction of sp³-hybridized carbons (Fsp3) is 0. The number of rotatable bonds is 1. The lowest BCUT2D eigenvalue weighted by Gasteiger charge is -1.88. The zero-order valence-electron chi connectivity index (χ0n) is 6.74. The first-order chi connectivity index (χ1) is 5.30. The van der Waals surface area contributed by atoms with Crippen LogP contribution in [-0.2, 0) is 0 Å². The molecule has 0 fully saturated rings. The van der Waals surface area contributed by atoms with Gasteiger partial charge in [-0.15, -0.1) is 0 Å².